The number of nitrogens with zero attached hydrogens (tertiary/aromatic N) is 3. The highest BCUT2D eigenvalue weighted by Crippen LogP contribution is 2.40. The van der Waals surface area contributed by atoms with Gasteiger partial charge in [0.15, 0.2) is 17.5 Å². The van der Waals surface area contributed by atoms with Gasteiger partial charge >= 0.3 is 0 Å². The van der Waals surface area contributed by atoms with Gasteiger partial charge in [-0.2, -0.15) is 0 Å². The molecule has 0 amide bonds. The van der Waals surface area contributed by atoms with Crippen LogP contribution in [0.5, 0.6) is 0 Å². The van der Waals surface area contributed by atoms with Crippen molar-refractivity contribution in [3.05, 3.63) is 164 Å². The molecule has 0 radical (unpaired) electrons. The van der Waals surface area contributed by atoms with E-state index in [0.717, 1.165) is 55.1 Å². The highest BCUT2D eigenvalue weighted by molar-refractivity contribution is 6.20. The Kier molecular flexibility index (Phi) is 6.15. The zero-order valence-electron chi connectivity index (χ0n) is 26.3. The van der Waals surface area contributed by atoms with E-state index in [4.69, 9.17) is 19.4 Å². The average Bonchev–Trinajstić information content (AvgIpc) is 3.56. The highest BCUT2D eigenvalue weighted by Gasteiger charge is 2.20. The first kappa shape index (κ1) is 27.5. The first-order chi connectivity index (χ1) is 24.3. The van der Waals surface area contributed by atoms with Crippen LogP contribution in [-0.4, -0.2) is 15.0 Å². The molecule has 228 valence electrons. The van der Waals surface area contributed by atoms with Crippen molar-refractivity contribution < 1.29 is 4.42 Å². The predicted octanol–water partition coefficient (Wildman–Crippen LogP) is 11.9. The topological polar surface area (TPSA) is 51.8 Å². The normalized spacial score (nSPS) is 11.7. The Morgan fingerprint density at radius 1 is 0.327 bits per heavy atom. The van der Waals surface area contributed by atoms with E-state index in [1.807, 2.05) is 48.5 Å². The van der Waals surface area contributed by atoms with Gasteiger partial charge in [-0.05, 0) is 67.7 Å². The van der Waals surface area contributed by atoms with Gasteiger partial charge in [-0.1, -0.05) is 140 Å². The van der Waals surface area contributed by atoms with Crippen LogP contribution in [0.4, 0.5) is 0 Å². The lowest BCUT2D eigenvalue weighted by molar-refractivity contribution is 0.669. The van der Waals surface area contributed by atoms with E-state index in [0.29, 0.717) is 17.5 Å². The first-order valence-electron chi connectivity index (χ1n) is 16.4. The second-order valence-electron chi connectivity index (χ2n) is 12.4. The van der Waals surface area contributed by atoms with Gasteiger partial charge in [0.1, 0.15) is 11.2 Å². The van der Waals surface area contributed by atoms with Gasteiger partial charge in [-0.15, -0.1) is 0 Å². The Balaban J connectivity index is 1.25. The summed E-state index contributed by atoms with van der Waals surface area (Å²) < 4.78 is 6.48. The summed E-state index contributed by atoms with van der Waals surface area (Å²) in [6.07, 6.45) is 0. The summed E-state index contributed by atoms with van der Waals surface area (Å²) in [5.74, 6) is 1.86. The molecule has 0 saturated heterocycles. The van der Waals surface area contributed by atoms with Crippen molar-refractivity contribution in [3.63, 3.8) is 0 Å². The summed E-state index contributed by atoms with van der Waals surface area (Å²) in [7, 11) is 0. The number of hydrogen-bond donors (Lipinski definition) is 0. The number of hydrogen-bond acceptors (Lipinski definition) is 4. The molecule has 4 heteroatoms. The molecule has 49 heavy (non-hydrogen) atoms. The Labute approximate surface area is 282 Å². The highest BCUT2D eigenvalue weighted by atomic mass is 16.3. The molecule has 0 N–H and O–H groups in total. The maximum atomic E-state index is 6.48. The van der Waals surface area contributed by atoms with Gasteiger partial charge < -0.3 is 4.42 Å². The van der Waals surface area contributed by atoms with Crippen LogP contribution in [0.15, 0.2) is 168 Å². The van der Waals surface area contributed by atoms with E-state index in [9.17, 15) is 0 Å². The fraction of sp³-hybridized carbons (Fsp3) is 0. The van der Waals surface area contributed by atoms with E-state index >= 15 is 0 Å². The lowest BCUT2D eigenvalue weighted by Crippen LogP contribution is -2.01. The lowest BCUT2D eigenvalue weighted by atomic mass is 9.93. The fourth-order valence-corrected chi connectivity index (χ4v) is 7.20. The van der Waals surface area contributed by atoms with Crippen LogP contribution in [0.3, 0.4) is 0 Å². The molecule has 10 aromatic rings. The van der Waals surface area contributed by atoms with Crippen molar-refractivity contribution in [1.82, 2.24) is 15.0 Å². The summed E-state index contributed by atoms with van der Waals surface area (Å²) >= 11 is 0. The molecular weight excluding hydrogens is 599 g/mol. The summed E-state index contributed by atoms with van der Waals surface area (Å²) in [6.45, 7) is 0. The molecule has 4 nitrogen and oxygen atoms in total. The van der Waals surface area contributed by atoms with Crippen LogP contribution in [-0.2, 0) is 0 Å². The minimum Gasteiger partial charge on any atom is -0.456 e. The maximum Gasteiger partial charge on any atom is 0.164 e. The number of furan rings is 1. The minimum atomic E-state index is 0.603. The molecule has 0 aliphatic heterocycles. The Bertz CT molecular complexity index is 2880. The number of aromatic nitrogens is 3. The molecule has 0 fully saturated rings. The van der Waals surface area contributed by atoms with Crippen LogP contribution in [0.25, 0.3) is 99.5 Å². The van der Waals surface area contributed by atoms with Crippen LogP contribution in [0, 0.1) is 0 Å². The van der Waals surface area contributed by atoms with Crippen molar-refractivity contribution in [1.29, 1.82) is 0 Å². The summed E-state index contributed by atoms with van der Waals surface area (Å²) in [4.78, 5) is 15.6. The Morgan fingerprint density at radius 2 is 0.959 bits per heavy atom. The summed E-state index contributed by atoms with van der Waals surface area (Å²) in [5, 5.41) is 9.06. The number of fused-ring (bicyclic) bond motifs is 8. The number of rotatable bonds is 4. The minimum absolute atomic E-state index is 0.603. The zero-order valence-corrected chi connectivity index (χ0v) is 26.3. The first-order valence-corrected chi connectivity index (χ1v) is 16.4. The van der Waals surface area contributed by atoms with Crippen LogP contribution in [0.2, 0.25) is 0 Å². The van der Waals surface area contributed by atoms with Gasteiger partial charge in [0.2, 0.25) is 0 Å². The third-order valence-corrected chi connectivity index (χ3v) is 9.52. The molecular formula is C45H27N3O. The zero-order chi connectivity index (χ0) is 32.3. The predicted molar refractivity (Wildman–Crippen MR) is 201 cm³/mol. The average molecular weight is 626 g/mol. The van der Waals surface area contributed by atoms with E-state index in [1.165, 1.54) is 26.9 Å². The molecule has 0 bridgehead atoms. The van der Waals surface area contributed by atoms with Crippen LogP contribution < -0.4 is 0 Å². The van der Waals surface area contributed by atoms with Gasteiger partial charge in [0, 0.05) is 27.5 Å². The molecule has 0 spiro atoms. The van der Waals surface area contributed by atoms with Gasteiger partial charge in [0.25, 0.3) is 0 Å². The number of benzene rings is 8. The third-order valence-electron chi connectivity index (χ3n) is 9.52. The molecule has 0 aliphatic carbocycles. The van der Waals surface area contributed by atoms with Crippen LogP contribution in [0.1, 0.15) is 0 Å². The molecule has 0 aliphatic rings. The van der Waals surface area contributed by atoms with Gasteiger partial charge in [0.05, 0.1) is 0 Å². The summed E-state index contributed by atoms with van der Waals surface area (Å²) in [6, 6.07) is 56.8. The van der Waals surface area contributed by atoms with E-state index in [1.54, 1.807) is 0 Å². The monoisotopic (exact) mass is 625 g/mol. The molecule has 0 atom stereocenters. The van der Waals surface area contributed by atoms with Gasteiger partial charge in [-0.25, -0.2) is 15.0 Å². The van der Waals surface area contributed by atoms with Crippen molar-refractivity contribution >= 4 is 54.3 Å². The SMILES string of the molecule is c1ccc(-c2ccc3c(c2)oc2cccc(-c4nc(-c5ccccc5)nc(-c5cc6c7ccccc7ccc6c6ccccc56)n4)c23)cc1. The van der Waals surface area contributed by atoms with E-state index < -0.39 is 0 Å². The maximum absolute atomic E-state index is 6.48. The second-order valence-corrected chi connectivity index (χ2v) is 12.4. The molecule has 2 heterocycles. The summed E-state index contributed by atoms with van der Waals surface area (Å²) in [5.41, 5.74) is 6.68. The molecule has 2 aromatic heterocycles. The van der Waals surface area contributed by atoms with Crippen molar-refractivity contribution in [2.24, 2.45) is 0 Å². The van der Waals surface area contributed by atoms with Crippen molar-refractivity contribution in [3.8, 4) is 45.3 Å². The standard InChI is InChI=1S/C45H27N3O/c1-3-12-28(13-4-1)31-23-25-36-41(26-31)49-40-21-11-20-37(42(36)40)44-46-43(30-15-5-2-6-16-30)47-45(48-44)39-27-38-32-17-8-7-14-29(32)22-24-35(38)33-18-9-10-19-34(33)39/h1-27H. The third kappa shape index (κ3) is 4.49. The molecule has 10 rings (SSSR count). The fourth-order valence-electron chi connectivity index (χ4n) is 7.20. The quantitative estimate of drug-likeness (QED) is 0.183. The second kappa shape index (κ2) is 11.0. The molecule has 8 aromatic carbocycles. The van der Waals surface area contributed by atoms with Crippen molar-refractivity contribution in [2.75, 3.05) is 0 Å². The van der Waals surface area contributed by atoms with E-state index in [2.05, 4.69) is 115 Å². The lowest BCUT2D eigenvalue weighted by Gasteiger charge is -2.14. The van der Waals surface area contributed by atoms with Crippen molar-refractivity contribution in [2.45, 2.75) is 0 Å². The molecule has 0 saturated carbocycles. The van der Waals surface area contributed by atoms with E-state index in [-0.39, 0.29) is 0 Å². The largest absolute Gasteiger partial charge is 0.456 e. The Morgan fingerprint density at radius 3 is 1.78 bits per heavy atom. The van der Waals surface area contributed by atoms with Gasteiger partial charge in [-0.3, -0.25) is 0 Å². The smallest absolute Gasteiger partial charge is 0.164 e. The Hall–Kier alpha value is -6.65. The molecule has 0 unspecified atom stereocenters. The van der Waals surface area contributed by atoms with Crippen LogP contribution >= 0.6 is 0 Å².